The van der Waals surface area contributed by atoms with Crippen LogP contribution in [0.25, 0.3) is 0 Å². The van der Waals surface area contributed by atoms with Crippen LogP contribution in [-0.2, 0) is 13.2 Å². The van der Waals surface area contributed by atoms with Gasteiger partial charge in [-0.15, -0.1) is 11.3 Å². The van der Waals surface area contributed by atoms with E-state index in [2.05, 4.69) is 19.1 Å². The number of benzene rings is 1. The summed E-state index contributed by atoms with van der Waals surface area (Å²) in [4.78, 5) is 2.06. The van der Waals surface area contributed by atoms with Crippen molar-refractivity contribution in [3.63, 3.8) is 0 Å². The Hall–Kier alpha value is -1.32. The summed E-state index contributed by atoms with van der Waals surface area (Å²) in [6, 6.07) is 10.1. The normalized spacial score (nSPS) is 10.5. The van der Waals surface area contributed by atoms with Crippen LogP contribution in [0.2, 0.25) is 0 Å². The lowest BCUT2D eigenvalue weighted by Gasteiger charge is -2.08. The molecule has 0 amide bonds. The van der Waals surface area contributed by atoms with Gasteiger partial charge in [-0.2, -0.15) is 0 Å². The Morgan fingerprint density at radius 2 is 2.00 bits per heavy atom. The summed E-state index contributed by atoms with van der Waals surface area (Å²) >= 11 is 1.58. The molecule has 0 aliphatic carbocycles. The third kappa shape index (κ3) is 2.87. The lowest BCUT2D eigenvalue weighted by molar-refractivity contribution is 0.263. The van der Waals surface area contributed by atoms with Crippen molar-refractivity contribution in [2.75, 3.05) is 0 Å². The van der Waals surface area contributed by atoms with Gasteiger partial charge in [0, 0.05) is 4.88 Å². The molecular weight excluding hydrogens is 232 g/mol. The zero-order chi connectivity index (χ0) is 12.3. The molecule has 0 radical (unpaired) electrons. The van der Waals surface area contributed by atoms with Gasteiger partial charge in [-0.05, 0) is 31.0 Å². The monoisotopic (exact) mass is 248 g/mol. The van der Waals surface area contributed by atoms with Gasteiger partial charge in [0.25, 0.3) is 0 Å². The summed E-state index contributed by atoms with van der Waals surface area (Å²) in [5, 5.41) is 9.21. The van der Waals surface area contributed by atoms with Crippen molar-refractivity contribution in [2.24, 2.45) is 0 Å². The minimum absolute atomic E-state index is 0.0433. The predicted octanol–water partition coefficient (Wildman–Crippen LogP) is 3.44. The molecule has 0 fully saturated rings. The number of aliphatic hydroxyl groups excluding tert-OH is 1. The van der Waals surface area contributed by atoms with E-state index in [1.165, 1.54) is 11.1 Å². The second-order valence-corrected chi connectivity index (χ2v) is 5.36. The Balaban J connectivity index is 2.09. The second-order valence-electron chi connectivity index (χ2n) is 4.02. The van der Waals surface area contributed by atoms with Crippen molar-refractivity contribution in [2.45, 2.75) is 27.1 Å². The van der Waals surface area contributed by atoms with E-state index in [-0.39, 0.29) is 6.61 Å². The van der Waals surface area contributed by atoms with Crippen LogP contribution >= 0.6 is 11.3 Å². The van der Waals surface area contributed by atoms with Crippen LogP contribution in [-0.4, -0.2) is 5.11 Å². The molecule has 0 bridgehead atoms. The molecule has 1 aromatic heterocycles. The zero-order valence-corrected chi connectivity index (χ0v) is 10.9. The minimum Gasteiger partial charge on any atom is -0.488 e. The van der Waals surface area contributed by atoms with Crippen molar-refractivity contribution in [3.05, 3.63) is 51.2 Å². The molecule has 0 atom stereocenters. The van der Waals surface area contributed by atoms with Crippen molar-refractivity contribution in [1.82, 2.24) is 0 Å². The first-order valence-corrected chi connectivity index (χ1v) is 6.40. The van der Waals surface area contributed by atoms with E-state index in [9.17, 15) is 5.11 Å². The van der Waals surface area contributed by atoms with Gasteiger partial charge < -0.3 is 9.84 Å². The highest BCUT2D eigenvalue weighted by Crippen LogP contribution is 2.29. The van der Waals surface area contributed by atoms with E-state index in [4.69, 9.17) is 4.74 Å². The second kappa shape index (κ2) is 5.34. The fourth-order valence-corrected chi connectivity index (χ4v) is 2.54. The highest BCUT2D eigenvalue weighted by Gasteiger charge is 2.08. The van der Waals surface area contributed by atoms with Gasteiger partial charge >= 0.3 is 0 Å². The average molecular weight is 248 g/mol. The number of rotatable bonds is 4. The van der Waals surface area contributed by atoms with Gasteiger partial charge in [-0.1, -0.05) is 24.3 Å². The summed E-state index contributed by atoms with van der Waals surface area (Å²) in [5.74, 6) is 0.804. The van der Waals surface area contributed by atoms with Crippen LogP contribution in [0.1, 0.15) is 20.9 Å². The fourth-order valence-electron chi connectivity index (χ4n) is 1.70. The van der Waals surface area contributed by atoms with Crippen LogP contribution in [0, 0.1) is 13.8 Å². The molecule has 0 aliphatic rings. The summed E-state index contributed by atoms with van der Waals surface area (Å²) in [6.45, 7) is 4.69. The molecule has 3 heteroatoms. The molecule has 1 N–H and O–H groups in total. The zero-order valence-electron chi connectivity index (χ0n) is 10.1. The third-order valence-electron chi connectivity index (χ3n) is 2.68. The van der Waals surface area contributed by atoms with Gasteiger partial charge in [0.1, 0.15) is 12.4 Å². The van der Waals surface area contributed by atoms with Crippen molar-refractivity contribution in [1.29, 1.82) is 0 Å². The maximum Gasteiger partial charge on any atom is 0.136 e. The summed E-state index contributed by atoms with van der Waals surface area (Å²) in [6.07, 6.45) is 0. The largest absolute Gasteiger partial charge is 0.488 e. The molecule has 2 nitrogen and oxygen atoms in total. The number of thiophene rings is 1. The maximum atomic E-state index is 9.21. The number of ether oxygens (including phenoxy) is 1. The Bertz CT molecular complexity index is 503. The molecule has 0 unspecified atom stereocenters. The molecule has 0 saturated heterocycles. The Morgan fingerprint density at radius 1 is 1.24 bits per heavy atom. The molecule has 2 aromatic rings. The Morgan fingerprint density at radius 3 is 2.71 bits per heavy atom. The van der Waals surface area contributed by atoms with Crippen LogP contribution in [0.5, 0.6) is 5.75 Å². The summed E-state index contributed by atoms with van der Waals surface area (Å²) < 4.78 is 5.77. The van der Waals surface area contributed by atoms with Crippen LogP contribution in [0.3, 0.4) is 0 Å². The third-order valence-corrected chi connectivity index (χ3v) is 3.70. The summed E-state index contributed by atoms with van der Waals surface area (Å²) in [5.41, 5.74) is 2.41. The van der Waals surface area contributed by atoms with Crippen LogP contribution < -0.4 is 4.74 Å². The fraction of sp³-hybridized carbons (Fsp3) is 0.286. The number of hydrogen-bond donors (Lipinski definition) is 1. The standard InChI is InChI=1S/C14H16O2S/c1-10-5-3-4-6-12(10)9-16-13-7-11(2)17-14(13)8-15/h3-7,15H,8-9H2,1-2H3. The minimum atomic E-state index is 0.0433. The van der Waals surface area contributed by atoms with E-state index in [0.717, 1.165) is 15.5 Å². The number of aliphatic hydroxyl groups is 1. The average Bonchev–Trinajstić information content (AvgIpc) is 2.69. The topological polar surface area (TPSA) is 29.5 Å². The molecule has 1 aromatic carbocycles. The maximum absolute atomic E-state index is 9.21. The first-order chi connectivity index (χ1) is 8.20. The molecule has 90 valence electrons. The van der Waals surface area contributed by atoms with E-state index in [0.29, 0.717) is 6.61 Å². The Kier molecular flexibility index (Phi) is 3.82. The molecule has 1 heterocycles. The van der Waals surface area contributed by atoms with Crippen LogP contribution in [0.4, 0.5) is 0 Å². The van der Waals surface area contributed by atoms with Gasteiger partial charge in [-0.25, -0.2) is 0 Å². The quantitative estimate of drug-likeness (QED) is 0.898. The smallest absolute Gasteiger partial charge is 0.136 e. The van der Waals surface area contributed by atoms with Crippen LogP contribution in [0.15, 0.2) is 30.3 Å². The van der Waals surface area contributed by atoms with E-state index in [1.807, 2.05) is 25.1 Å². The highest BCUT2D eigenvalue weighted by atomic mass is 32.1. The molecule has 0 aliphatic heterocycles. The number of aryl methyl sites for hydroxylation is 2. The predicted molar refractivity (Wildman–Crippen MR) is 70.5 cm³/mol. The van der Waals surface area contributed by atoms with Gasteiger partial charge in [0.05, 0.1) is 11.5 Å². The highest BCUT2D eigenvalue weighted by molar-refractivity contribution is 7.12. The van der Waals surface area contributed by atoms with Crippen molar-refractivity contribution >= 4 is 11.3 Å². The first kappa shape index (κ1) is 12.1. The van der Waals surface area contributed by atoms with E-state index in [1.54, 1.807) is 11.3 Å². The summed E-state index contributed by atoms with van der Waals surface area (Å²) in [7, 11) is 0. The van der Waals surface area contributed by atoms with Crippen molar-refractivity contribution in [3.8, 4) is 5.75 Å². The first-order valence-electron chi connectivity index (χ1n) is 5.58. The Labute approximate surface area is 105 Å². The van der Waals surface area contributed by atoms with Gasteiger partial charge in [-0.3, -0.25) is 0 Å². The van der Waals surface area contributed by atoms with Crippen molar-refractivity contribution < 1.29 is 9.84 Å². The lowest BCUT2D eigenvalue weighted by Crippen LogP contribution is -1.98. The van der Waals surface area contributed by atoms with Gasteiger partial charge in [0.2, 0.25) is 0 Å². The molecule has 17 heavy (non-hydrogen) atoms. The van der Waals surface area contributed by atoms with E-state index < -0.39 is 0 Å². The molecule has 2 rings (SSSR count). The van der Waals surface area contributed by atoms with Gasteiger partial charge in [0.15, 0.2) is 0 Å². The number of hydrogen-bond acceptors (Lipinski definition) is 3. The molecule has 0 saturated carbocycles. The SMILES string of the molecule is Cc1cc(OCc2ccccc2C)c(CO)s1. The lowest BCUT2D eigenvalue weighted by atomic mass is 10.1. The molecule has 0 spiro atoms. The van der Waals surface area contributed by atoms with E-state index >= 15 is 0 Å². The molecular formula is C14H16O2S.